The van der Waals surface area contributed by atoms with Gasteiger partial charge < -0.3 is 51.1 Å². The topological polar surface area (TPSA) is 305 Å². The number of esters is 1. The summed E-state index contributed by atoms with van der Waals surface area (Å²) >= 11 is 1.35. The van der Waals surface area contributed by atoms with Crippen molar-refractivity contribution in [2.75, 3.05) is 31.3 Å². The summed E-state index contributed by atoms with van der Waals surface area (Å²) < 4.78 is 58.0. The van der Waals surface area contributed by atoms with E-state index in [4.69, 9.17) is 24.7 Å². The number of imide groups is 1. The van der Waals surface area contributed by atoms with E-state index in [0.717, 1.165) is 6.08 Å². The van der Waals surface area contributed by atoms with Crippen molar-refractivity contribution in [3.05, 3.63) is 89.0 Å². The molecule has 0 spiro atoms. The van der Waals surface area contributed by atoms with Crippen LogP contribution in [-0.4, -0.2) is 142 Å². The zero-order valence-electron chi connectivity index (χ0n) is 50.7. The Morgan fingerprint density at radius 3 is 2.31 bits per heavy atom. The molecule has 8 rings (SSSR count). The highest BCUT2D eigenvalue weighted by Gasteiger charge is 2.80. The van der Waals surface area contributed by atoms with E-state index < -0.39 is 113 Å². The quantitative estimate of drug-likeness (QED) is 0.0279. The number of aliphatic hydroxyl groups excluding tert-OH is 1. The van der Waals surface area contributed by atoms with Crippen LogP contribution in [0, 0.1) is 34.5 Å². The predicted molar refractivity (Wildman–Crippen MR) is 319 cm³/mol. The molecule has 0 radical (unpaired) electrons. The van der Waals surface area contributed by atoms with Crippen molar-refractivity contribution in [2.45, 2.75) is 178 Å². The molecule has 21 nitrogen and oxygen atoms in total. The number of ether oxygens (including phenoxy) is 4. The van der Waals surface area contributed by atoms with Crippen molar-refractivity contribution < 1.29 is 80.8 Å². The first-order chi connectivity index (χ1) is 41.8. The summed E-state index contributed by atoms with van der Waals surface area (Å²) in [5, 5.41) is 22.4. The summed E-state index contributed by atoms with van der Waals surface area (Å²) in [4.78, 5) is 131. The third-order valence-corrected chi connectivity index (χ3v) is 19.8. The lowest BCUT2D eigenvalue weighted by Crippen LogP contribution is -2.71. The summed E-state index contributed by atoms with van der Waals surface area (Å²) in [6.45, 7) is 8.34. The first kappa shape index (κ1) is 67.0. The average molecular weight is 1250 g/mol. The van der Waals surface area contributed by atoms with Crippen LogP contribution in [0.2, 0.25) is 0 Å². The zero-order chi connectivity index (χ0) is 63.9. The Labute approximate surface area is 515 Å². The molecular formula is C64H82F2N6O15S. The van der Waals surface area contributed by atoms with Crippen LogP contribution in [0.4, 0.5) is 24.1 Å². The van der Waals surface area contributed by atoms with Crippen LogP contribution in [0.1, 0.15) is 140 Å². The number of urea groups is 1. The largest absolute Gasteiger partial charge is 0.454 e. The van der Waals surface area contributed by atoms with Gasteiger partial charge in [0.25, 0.3) is 0 Å². The number of ketones is 3. The number of likely N-dealkylation sites (tertiary alicyclic amines) is 1. The molecule has 478 valence electrons. The number of benzene rings is 2. The summed E-state index contributed by atoms with van der Waals surface area (Å²) in [7, 11) is 0. The number of anilines is 1. The second-order valence-electron chi connectivity index (χ2n) is 24.8. The second-order valence-corrected chi connectivity index (χ2v) is 25.9. The molecule has 7 N–H and O–H groups in total. The number of thioether (sulfide) groups is 1. The number of nitrogens with two attached hydrogens (primary N) is 1. The van der Waals surface area contributed by atoms with Crippen LogP contribution >= 0.6 is 11.8 Å². The van der Waals surface area contributed by atoms with Gasteiger partial charge >= 0.3 is 18.1 Å². The number of primary amides is 1. The lowest BCUT2D eigenvalue weighted by molar-refractivity contribution is -0.234. The maximum atomic E-state index is 17.9. The van der Waals surface area contributed by atoms with Gasteiger partial charge in [0, 0.05) is 67.2 Å². The number of rotatable bonds is 28. The number of aliphatic hydroxyl groups is 1. The molecule has 3 saturated carbocycles. The number of amides is 7. The Hall–Kier alpha value is -6.89. The SMILES string of the molecule is CCCC1O[C@@H]2C[C@H]3[C@@H]4C[C@H](F)C5=CC(=O)C=C[C@]5(C)[C@@]4(F)[C@@H](O)C[C@]3(C)C2(C(=O)COC(=O)c2ccc(CNC(=O)OCc3ccc(NC(=O)[C@H](CCCNC(N)=O)CC(=O)[C@@H](NC(=O)CCCCCN4C(=O)CC(SC)C4=O)C(C)C)cc3)cc2)O1. The Morgan fingerprint density at radius 1 is 0.920 bits per heavy atom. The van der Waals surface area contributed by atoms with Crippen LogP contribution in [0.3, 0.4) is 0 Å². The van der Waals surface area contributed by atoms with Crippen LogP contribution in [-0.2, 0) is 65.7 Å². The van der Waals surface area contributed by atoms with Crippen LogP contribution in [0.5, 0.6) is 0 Å². The predicted octanol–water partition coefficient (Wildman–Crippen LogP) is 7.20. The van der Waals surface area contributed by atoms with Crippen molar-refractivity contribution >= 4 is 76.5 Å². The number of hydrogen-bond acceptors (Lipinski definition) is 16. The highest BCUT2D eigenvalue weighted by atomic mass is 32.2. The van der Waals surface area contributed by atoms with Gasteiger partial charge in [-0.3, -0.25) is 38.5 Å². The number of allylic oxidation sites excluding steroid dienone is 4. The van der Waals surface area contributed by atoms with Crippen molar-refractivity contribution in [1.29, 1.82) is 0 Å². The molecule has 3 unspecified atom stereocenters. The van der Waals surface area contributed by atoms with Crippen molar-refractivity contribution in [3.8, 4) is 0 Å². The number of alkyl carbamates (subject to hydrolysis) is 1. The monoisotopic (exact) mass is 1240 g/mol. The fourth-order valence-electron chi connectivity index (χ4n) is 14.2. The van der Waals surface area contributed by atoms with Gasteiger partial charge in [-0.25, -0.2) is 23.2 Å². The molecule has 2 aliphatic heterocycles. The second kappa shape index (κ2) is 28.3. The van der Waals surface area contributed by atoms with Gasteiger partial charge in [0.2, 0.25) is 29.4 Å². The standard InChI is InChI=1S/C64H82F2N6O15S/c1-7-12-54-86-51-30-43-44-29-46(65)45-28-42(73)23-24-61(45,4)63(44,66)49(75)32-62(43,5)64(51,87-54)50(76)35-84-58(81)39-19-15-37(16-20-39)33-69-60(83)85-34-38-17-21-41(22-18-38)70-56(79)40(13-11-25-68-59(67)82)27-47(74)55(36(2)3)71-52(77)14-9-8-10-26-72-53(78)31-48(88-6)57(72)80/h15-24,28,36,40,43-44,46,48-49,51,54-55,75H,7-14,25-27,29-35H2,1-6H3,(H,69,83)(H,70,79)(H,71,77)(H3,67,68,82)/t40-,43+,44+,46+,48?,49+,51-,54?,55+,61+,62+,63+,64?/m1/s1. The molecule has 13 atom stereocenters. The number of carbonyl (C=O) groups excluding carboxylic acids is 10. The molecule has 5 fully saturated rings. The van der Waals surface area contributed by atoms with E-state index in [1.165, 1.54) is 47.9 Å². The molecule has 4 aliphatic carbocycles. The first-order valence-corrected chi connectivity index (χ1v) is 31.7. The number of nitrogens with zero attached hydrogens (tertiary/aromatic N) is 1. The molecule has 2 saturated heterocycles. The smallest absolute Gasteiger partial charge is 0.407 e. The summed E-state index contributed by atoms with van der Waals surface area (Å²) in [6, 6.07) is 11.0. The normalized spacial score (nSPS) is 29.2. The third kappa shape index (κ3) is 13.9. The van der Waals surface area contributed by atoms with E-state index in [1.54, 1.807) is 63.4 Å². The minimum Gasteiger partial charge on any atom is -0.454 e. The number of halogens is 2. The number of nitrogens with one attached hydrogen (secondary N) is 4. The van der Waals surface area contributed by atoms with Crippen LogP contribution in [0.25, 0.3) is 0 Å². The molecule has 2 aromatic rings. The molecular weight excluding hydrogens is 1160 g/mol. The highest BCUT2D eigenvalue weighted by molar-refractivity contribution is 8.00. The van der Waals surface area contributed by atoms with Crippen molar-refractivity contribution in [2.24, 2.45) is 40.2 Å². The molecule has 6 aliphatic rings. The molecule has 0 bridgehead atoms. The number of Topliss-reactive ketones (excluding diaryl/α,β-unsaturated/α-hetero) is 2. The van der Waals surface area contributed by atoms with E-state index in [9.17, 15) is 53.1 Å². The van der Waals surface area contributed by atoms with Crippen LogP contribution < -0.4 is 27.0 Å². The van der Waals surface area contributed by atoms with Crippen molar-refractivity contribution in [3.63, 3.8) is 0 Å². The minimum atomic E-state index is -2.38. The number of hydrogen-bond donors (Lipinski definition) is 6. The average Bonchev–Trinajstić information content (AvgIpc) is 1.34. The third-order valence-electron chi connectivity index (χ3n) is 18.9. The molecule has 24 heteroatoms. The van der Waals surface area contributed by atoms with E-state index >= 15 is 8.78 Å². The Kier molecular flexibility index (Phi) is 21.6. The van der Waals surface area contributed by atoms with Gasteiger partial charge in [0.1, 0.15) is 12.8 Å². The van der Waals surface area contributed by atoms with E-state index in [1.807, 2.05) is 6.92 Å². The summed E-state index contributed by atoms with van der Waals surface area (Å²) in [5.74, 6) is -6.36. The molecule has 2 heterocycles. The van der Waals surface area contributed by atoms with Crippen molar-refractivity contribution in [1.82, 2.24) is 20.9 Å². The van der Waals surface area contributed by atoms with Gasteiger partial charge in [-0.1, -0.05) is 70.9 Å². The molecule has 7 amide bonds. The Balaban J connectivity index is 0.793. The number of carbonyl (C=O) groups is 10. The van der Waals surface area contributed by atoms with Gasteiger partial charge in [-0.05, 0) is 129 Å². The molecule has 2 aromatic carbocycles. The lowest BCUT2D eigenvalue weighted by Gasteiger charge is -2.63. The number of alkyl halides is 2. The Bertz CT molecular complexity index is 3060. The van der Waals surface area contributed by atoms with Crippen LogP contribution in [0.15, 0.2) is 72.3 Å². The summed E-state index contributed by atoms with van der Waals surface area (Å²) in [6.07, 6.45) is 2.57. The number of fused-ring (bicyclic) bond motifs is 7. The van der Waals surface area contributed by atoms with E-state index in [0.29, 0.717) is 61.9 Å². The highest BCUT2D eigenvalue weighted by Crippen LogP contribution is 2.72. The first-order valence-electron chi connectivity index (χ1n) is 30.4. The maximum Gasteiger partial charge on any atom is 0.407 e. The van der Waals surface area contributed by atoms with Gasteiger partial charge in [-0.2, -0.15) is 11.8 Å². The maximum absolute atomic E-state index is 17.9. The molecule has 88 heavy (non-hydrogen) atoms. The van der Waals surface area contributed by atoms with Gasteiger partial charge in [0.15, 0.2) is 35.7 Å². The fraction of sp³-hybridized carbons (Fsp3) is 0.594. The minimum absolute atomic E-state index is 0.0131. The van der Waals surface area contributed by atoms with Gasteiger partial charge in [0.05, 0.1) is 29.1 Å². The number of unbranched alkanes of at least 4 members (excludes halogenated alkanes) is 2. The fourth-order valence-corrected chi connectivity index (χ4v) is 14.8. The van der Waals surface area contributed by atoms with Gasteiger partial charge in [-0.15, -0.1) is 0 Å². The van der Waals surface area contributed by atoms with E-state index in [2.05, 4.69) is 21.3 Å². The van der Waals surface area contributed by atoms with E-state index in [-0.39, 0.29) is 110 Å². The summed E-state index contributed by atoms with van der Waals surface area (Å²) in [5.41, 5.74) is -0.148. The Morgan fingerprint density at radius 2 is 1.64 bits per heavy atom. The molecule has 0 aromatic heterocycles. The lowest BCUT2D eigenvalue weighted by atomic mass is 9.44. The zero-order valence-corrected chi connectivity index (χ0v) is 51.5.